The van der Waals surface area contributed by atoms with E-state index in [2.05, 4.69) is 38.1 Å². The summed E-state index contributed by atoms with van der Waals surface area (Å²) in [7, 11) is 1.71. The van der Waals surface area contributed by atoms with E-state index in [9.17, 15) is 0 Å². The van der Waals surface area contributed by atoms with E-state index in [1.807, 2.05) is 0 Å². The molecule has 1 saturated carbocycles. The summed E-state index contributed by atoms with van der Waals surface area (Å²) in [6, 6.07) is 0. The van der Waals surface area contributed by atoms with E-state index in [1.165, 1.54) is 5.69 Å². The first-order chi connectivity index (χ1) is 6.91. The van der Waals surface area contributed by atoms with Gasteiger partial charge in [0.05, 0.1) is 12.3 Å². The Morgan fingerprint density at radius 2 is 1.93 bits per heavy atom. The van der Waals surface area contributed by atoms with E-state index in [0.29, 0.717) is 23.4 Å². The summed E-state index contributed by atoms with van der Waals surface area (Å²) in [5.74, 6) is 0.604. The van der Waals surface area contributed by atoms with Gasteiger partial charge in [0.2, 0.25) is 0 Å². The monoisotopic (exact) mass is 225 g/mol. The van der Waals surface area contributed by atoms with Gasteiger partial charge in [-0.1, -0.05) is 27.7 Å². The molecular formula is C12H19NOS. The topological polar surface area (TPSA) is 22.1 Å². The number of hydrogen-bond acceptors (Lipinski definition) is 3. The van der Waals surface area contributed by atoms with Gasteiger partial charge in [0.15, 0.2) is 0 Å². The molecule has 3 heteroatoms. The van der Waals surface area contributed by atoms with Crippen molar-refractivity contribution < 1.29 is 4.74 Å². The molecule has 0 amide bonds. The molecule has 0 N–H and O–H groups in total. The number of aromatic nitrogens is 1. The first-order valence-electron chi connectivity index (χ1n) is 5.34. The van der Waals surface area contributed by atoms with Crippen LogP contribution in [0.3, 0.4) is 0 Å². The van der Waals surface area contributed by atoms with E-state index in [-0.39, 0.29) is 0 Å². The van der Waals surface area contributed by atoms with Crippen molar-refractivity contribution in [2.75, 3.05) is 7.11 Å². The Kier molecular flexibility index (Phi) is 2.43. The van der Waals surface area contributed by atoms with Gasteiger partial charge in [-0.2, -0.15) is 0 Å². The van der Waals surface area contributed by atoms with Gasteiger partial charge >= 0.3 is 0 Å². The Bertz CT molecular complexity index is 353. The van der Waals surface area contributed by atoms with Crippen LogP contribution in [0.5, 0.6) is 0 Å². The highest BCUT2D eigenvalue weighted by atomic mass is 32.1. The van der Waals surface area contributed by atoms with Crippen LogP contribution in [0.1, 0.15) is 44.3 Å². The molecule has 0 unspecified atom stereocenters. The Labute approximate surface area is 95.7 Å². The fourth-order valence-electron chi connectivity index (χ4n) is 2.58. The third kappa shape index (κ3) is 1.53. The minimum Gasteiger partial charge on any atom is -0.378 e. The highest BCUT2D eigenvalue weighted by Gasteiger charge is 2.65. The van der Waals surface area contributed by atoms with Crippen molar-refractivity contribution in [1.29, 1.82) is 0 Å². The van der Waals surface area contributed by atoms with Crippen molar-refractivity contribution in [2.24, 2.45) is 10.8 Å². The Balaban J connectivity index is 2.19. The molecule has 84 valence electrons. The number of ether oxygens (including phenoxy) is 1. The zero-order chi connectivity index (χ0) is 11.3. The molecule has 1 aromatic heterocycles. The van der Waals surface area contributed by atoms with Crippen LogP contribution >= 0.6 is 11.3 Å². The molecule has 15 heavy (non-hydrogen) atoms. The van der Waals surface area contributed by atoms with Gasteiger partial charge in [0.25, 0.3) is 0 Å². The molecule has 1 aromatic rings. The van der Waals surface area contributed by atoms with Gasteiger partial charge in [-0.15, -0.1) is 11.3 Å². The third-order valence-corrected chi connectivity index (χ3v) is 4.99. The number of nitrogens with zero attached hydrogens (tertiary/aromatic N) is 1. The zero-order valence-electron chi connectivity index (χ0n) is 10.1. The number of hydrogen-bond donors (Lipinski definition) is 0. The average Bonchev–Trinajstić information content (AvgIpc) is 2.51. The summed E-state index contributed by atoms with van der Waals surface area (Å²) in [4.78, 5) is 4.65. The zero-order valence-corrected chi connectivity index (χ0v) is 10.9. The number of methoxy groups -OCH3 is 1. The maximum absolute atomic E-state index is 5.09. The molecule has 2 rings (SSSR count). The lowest BCUT2D eigenvalue weighted by atomic mass is 10.0. The van der Waals surface area contributed by atoms with Crippen LogP contribution in [0.25, 0.3) is 0 Å². The predicted molar refractivity (Wildman–Crippen MR) is 63.1 cm³/mol. The first kappa shape index (κ1) is 11.1. The van der Waals surface area contributed by atoms with Crippen molar-refractivity contribution in [3.05, 3.63) is 16.1 Å². The molecule has 1 heterocycles. The lowest BCUT2D eigenvalue weighted by molar-refractivity contribution is 0.184. The normalized spacial score (nSPS) is 23.0. The maximum atomic E-state index is 5.09. The van der Waals surface area contributed by atoms with Crippen LogP contribution in [-0.4, -0.2) is 12.1 Å². The first-order valence-corrected chi connectivity index (χ1v) is 6.22. The molecule has 0 atom stereocenters. The van der Waals surface area contributed by atoms with Gasteiger partial charge < -0.3 is 4.74 Å². The second-order valence-corrected chi connectivity index (χ2v) is 6.42. The quantitative estimate of drug-likeness (QED) is 0.786. The molecular weight excluding hydrogens is 206 g/mol. The van der Waals surface area contributed by atoms with Crippen molar-refractivity contribution in [2.45, 2.75) is 40.2 Å². The van der Waals surface area contributed by atoms with Crippen LogP contribution in [-0.2, 0) is 11.3 Å². The lowest BCUT2D eigenvalue weighted by Gasteiger charge is -2.03. The summed E-state index contributed by atoms with van der Waals surface area (Å²) < 4.78 is 5.09. The van der Waals surface area contributed by atoms with E-state index in [4.69, 9.17) is 4.74 Å². The maximum Gasteiger partial charge on any atom is 0.119 e. The standard InChI is InChI=1S/C12H19NOS/c1-11(2)10(12(11,3)4)8-7-15-9(13-8)6-14-5/h7,10H,6H2,1-5H3. The molecule has 1 fully saturated rings. The van der Waals surface area contributed by atoms with Crippen molar-refractivity contribution in [1.82, 2.24) is 4.98 Å². The van der Waals surface area contributed by atoms with Crippen LogP contribution < -0.4 is 0 Å². The molecule has 0 spiro atoms. The SMILES string of the molecule is COCc1nc(C2C(C)(C)C2(C)C)cs1. The second kappa shape index (κ2) is 3.29. The average molecular weight is 225 g/mol. The van der Waals surface area contributed by atoms with Gasteiger partial charge in [0.1, 0.15) is 5.01 Å². The fraction of sp³-hybridized carbons (Fsp3) is 0.750. The van der Waals surface area contributed by atoms with Gasteiger partial charge in [0, 0.05) is 18.4 Å². The molecule has 1 aliphatic carbocycles. The van der Waals surface area contributed by atoms with Crippen molar-refractivity contribution in [3.63, 3.8) is 0 Å². The van der Waals surface area contributed by atoms with Crippen LogP contribution in [0, 0.1) is 10.8 Å². The summed E-state index contributed by atoms with van der Waals surface area (Å²) >= 11 is 1.71. The summed E-state index contributed by atoms with van der Waals surface area (Å²) in [5, 5.41) is 3.28. The van der Waals surface area contributed by atoms with Crippen LogP contribution in [0.2, 0.25) is 0 Å². The van der Waals surface area contributed by atoms with Crippen LogP contribution in [0.4, 0.5) is 0 Å². The number of thiazole rings is 1. The molecule has 2 nitrogen and oxygen atoms in total. The lowest BCUT2D eigenvalue weighted by Crippen LogP contribution is -1.95. The summed E-state index contributed by atoms with van der Waals surface area (Å²) in [6.07, 6.45) is 0. The van der Waals surface area contributed by atoms with Gasteiger partial charge in [-0.3, -0.25) is 0 Å². The largest absolute Gasteiger partial charge is 0.378 e. The minimum atomic E-state index is 0.380. The Hall–Kier alpha value is -0.410. The highest BCUT2D eigenvalue weighted by molar-refractivity contribution is 7.09. The van der Waals surface area contributed by atoms with Crippen LogP contribution in [0.15, 0.2) is 5.38 Å². The summed E-state index contributed by atoms with van der Waals surface area (Å²) in [5.41, 5.74) is 2.01. The molecule has 0 radical (unpaired) electrons. The van der Waals surface area contributed by atoms with Gasteiger partial charge in [-0.25, -0.2) is 4.98 Å². The number of rotatable bonds is 3. The highest BCUT2D eigenvalue weighted by Crippen LogP contribution is 2.73. The van der Waals surface area contributed by atoms with E-state index in [0.717, 1.165) is 5.01 Å². The van der Waals surface area contributed by atoms with Gasteiger partial charge in [-0.05, 0) is 10.8 Å². The van der Waals surface area contributed by atoms with E-state index in [1.54, 1.807) is 18.4 Å². The Morgan fingerprint density at radius 1 is 1.33 bits per heavy atom. The molecule has 0 bridgehead atoms. The fourth-order valence-corrected chi connectivity index (χ4v) is 3.37. The third-order valence-electron chi connectivity index (χ3n) is 4.15. The van der Waals surface area contributed by atoms with E-state index < -0.39 is 0 Å². The second-order valence-electron chi connectivity index (χ2n) is 5.48. The molecule has 0 saturated heterocycles. The minimum absolute atomic E-state index is 0.380. The van der Waals surface area contributed by atoms with Crippen molar-refractivity contribution >= 4 is 11.3 Å². The van der Waals surface area contributed by atoms with Crippen molar-refractivity contribution in [3.8, 4) is 0 Å². The summed E-state index contributed by atoms with van der Waals surface area (Å²) in [6.45, 7) is 9.94. The predicted octanol–water partition coefficient (Wildman–Crippen LogP) is 3.44. The molecule has 1 aliphatic rings. The molecule has 0 aliphatic heterocycles. The molecule has 0 aromatic carbocycles. The Morgan fingerprint density at radius 3 is 2.40 bits per heavy atom. The smallest absolute Gasteiger partial charge is 0.119 e. The van der Waals surface area contributed by atoms with E-state index >= 15 is 0 Å².